The Morgan fingerprint density at radius 3 is 2.50 bits per heavy atom. The zero-order chi connectivity index (χ0) is 19.3. The van der Waals surface area contributed by atoms with Gasteiger partial charge in [0.2, 0.25) is 0 Å². The lowest BCUT2D eigenvalue weighted by molar-refractivity contribution is -0.116. The molecule has 1 aliphatic heterocycles. The molecule has 0 spiro atoms. The highest BCUT2D eigenvalue weighted by Crippen LogP contribution is 2.29. The van der Waals surface area contributed by atoms with Crippen molar-refractivity contribution in [1.29, 1.82) is 0 Å². The lowest BCUT2D eigenvalue weighted by Gasteiger charge is -2.19. The first-order valence-electron chi connectivity index (χ1n) is 7.68. The van der Waals surface area contributed by atoms with Gasteiger partial charge >= 0.3 is 12.2 Å². The van der Waals surface area contributed by atoms with Crippen LogP contribution in [0.1, 0.15) is 26.3 Å². The van der Waals surface area contributed by atoms with Crippen LogP contribution in [0.15, 0.2) is 36.1 Å². The van der Waals surface area contributed by atoms with Crippen LogP contribution in [-0.2, 0) is 14.3 Å². The number of carbonyl (C=O) groups is 3. The van der Waals surface area contributed by atoms with Gasteiger partial charge in [-0.05, 0) is 44.5 Å². The van der Waals surface area contributed by atoms with Crippen molar-refractivity contribution in [1.82, 2.24) is 5.32 Å². The molecule has 1 saturated heterocycles. The number of rotatable bonds is 4. The van der Waals surface area contributed by atoms with Gasteiger partial charge in [0.15, 0.2) is 17.3 Å². The van der Waals surface area contributed by atoms with E-state index in [1.54, 1.807) is 45.0 Å². The number of ether oxygens (including phenoxy) is 4. The first kappa shape index (κ1) is 19.0. The molecule has 0 bridgehead atoms. The number of hydrogen-bond donors (Lipinski definition) is 1. The highest BCUT2D eigenvalue weighted by atomic mass is 16.7. The number of carbonyl (C=O) groups excluding carboxylic acids is 3. The van der Waals surface area contributed by atoms with Crippen LogP contribution in [0, 0.1) is 0 Å². The summed E-state index contributed by atoms with van der Waals surface area (Å²) in [5.74, 6) is -0.154. The average Bonchev–Trinajstić information content (AvgIpc) is 2.84. The zero-order valence-corrected chi connectivity index (χ0v) is 14.8. The van der Waals surface area contributed by atoms with Crippen LogP contribution in [0.4, 0.5) is 9.59 Å². The van der Waals surface area contributed by atoms with Gasteiger partial charge in [-0.25, -0.2) is 9.59 Å². The molecule has 2 amide bonds. The molecule has 8 nitrogen and oxygen atoms in total. The molecular formula is C18H19NO7. The lowest BCUT2D eigenvalue weighted by atomic mass is 10.2. The fraction of sp³-hybridized carbons (Fsp3) is 0.278. The van der Waals surface area contributed by atoms with Crippen LogP contribution >= 0.6 is 0 Å². The number of cyclic esters (lactones) is 1. The molecule has 138 valence electrons. The van der Waals surface area contributed by atoms with Crippen molar-refractivity contribution >= 4 is 24.2 Å². The maximum atomic E-state index is 11.8. The molecule has 0 radical (unpaired) electrons. The highest BCUT2D eigenvalue weighted by Gasteiger charge is 2.25. The van der Waals surface area contributed by atoms with Gasteiger partial charge in [-0.2, -0.15) is 0 Å². The first-order valence-corrected chi connectivity index (χ1v) is 7.68. The number of imide groups is 1. The van der Waals surface area contributed by atoms with E-state index < -0.39 is 23.8 Å². The van der Waals surface area contributed by atoms with Gasteiger partial charge in [-0.1, -0.05) is 18.2 Å². The number of nitrogens with one attached hydrogen (secondary N) is 1. The number of amides is 2. The van der Waals surface area contributed by atoms with E-state index in [-0.39, 0.29) is 11.5 Å². The van der Waals surface area contributed by atoms with Gasteiger partial charge in [0, 0.05) is 0 Å². The third kappa shape index (κ3) is 5.37. The van der Waals surface area contributed by atoms with Crippen LogP contribution < -0.4 is 14.8 Å². The summed E-state index contributed by atoms with van der Waals surface area (Å²) in [4.78, 5) is 34.0. The van der Waals surface area contributed by atoms with E-state index in [4.69, 9.17) is 14.2 Å². The second-order valence-corrected chi connectivity index (χ2v) is 6.21. The Morgan fingerprint density at radius 1 is 1.19 bits per heavy atom. The van der Waals surface area contributed by atoms with Gasteiger partial charge in [0.1, 0.15) is 5.60 Å². The van der Waals surface area contributed by atoms with Crippen molar-refractivity contribution < 1.29 is 33.3 Å². The molecule has 0 aliphatic carbocycles. The van der Waals surface area contributed by atoms with Gasteiger partial charge < -0.3 is 18.9 Å². The standard InChI is InChI=1S/C18H19NO7/c1-18(2,3)26-17(22)25-12-9-8-11(10-14(12)23-4)6-5-7-13-15(20)19-16(21)24-13/h5-10H,1-4H3,(H,19,20,21). The highest BCUT2D eigenvalue weighted by molar-refractivity contribution is 6.07. The SMILES string of the molecule is COc1cc(C=CC=C2OC(=O)NC2=O)ccc1OC(=O)OC(C)(C)C. The summed E-state index contributed by atoms with van der Waals surface area (Å²) in [6, 6.07) is 4.87. The maximum Gasteiger partial charge on any atom is 0.514 e. The predicted molar refractivity (Wildman–Crippen MR) is 91.6 cm³/mol. The summed E-state index contributed by atoms with van der Waals surface area (Å²) in [6.07, 6.45) is 2.92. The van der Waals surface area contributed by atoms with Crippen molar-refractivity contribution in [2.45, 2.75) is 26.4 Å². The smallest absolute Gasteiger partial charge is 0.493 e. The van der Waals surface area contributed by atoms with Crippen LogP contribution in [-0.4, -0.2) is 30.9 Å². The Balaban J connectivity index is 2.09. The largest absolute Gasteiger partial charge is 0.514 e. The van der Waals surface area contributed by atoms with Crippen LogP contribution in [0.25, 0.3) is 6.08 Å². The van der Waals surface area contributed by atoms with E-state index in [2.05, 4.69) is 4.74 Å². The second-order valence-electron chi connectivity index (χ2n) is 6.21. The Kier molecular flexibility index (Phi) is 5.66. The maximum absolute atomic E-state index is 11.8. The van der Waals surface area contributed by atoms with Gasteiger partial charge in [0.05, 0.1) is 7.11 Å². The molecule has 0 atom stereocenters. The van der Waals surface area contributed by atoms with Crippen molar-refractivity contribution in [2.75, 3.05) is 7.11 Å². The molecule has 1 fully saturated rings. The van der Waals surface area contributed by atoms with Crippen LogP contribution in [0.5, 0.6) is 11.5 Å². The van der Waals surface area contributed by atoms with E-state index in [9.17, 15) is 14.4 Å². The fourth-order valence-corrected chi connectivity index (χ4v) is 1.92. The summed E-state index contributed by atoms with van der Waals surface area (Å²) in [7, 11) is 1.44. The number of methoxy groups -OCH3 is 1. The summed E-state index contributed by atoms with van der Waals surface area (Å²) < 4.78 is 20.1. The molecular weight excluding hydrogens is 342 g/mol. The van der Waals surface area contributed by atoms with E-state index in [0.717, 1.165) is 0 Å². The number of alkyl carbamates (subject to hydrolysis) is 1. The van der Waals surface area contributed by atoms with Crippen molar-refractivity contribution in [3.05, 3.63) is 41.7 Å². The predicted octanol–water partition coefficient (Wildman–Crippen LogP) is 3.17. The molecule has 1 aromatic carbocycles. The van der Waals surface area contributed by atoms with Crippen molar-refractivity contribution in [3.8, 4) is 11.5 Å². The lowest BCUT2D eigenvalue weighted by Crippen LogP contribution is -2.26. The van der Waals surface area contributed by atoms with Crippen LogP contribution in [0.3, 0.4) is 0 Å². The minimum absolute atomic E-state index is 0.0944. The Morgan fingerprint density at radius 2 is 1.92 bits per heavy atom. The normalized spacial score (nSPS) is 15.8. The third-order valence-electron chi connectivity index (χ3n) is 2.95. The molecule has 0 aromatic heterocycles. The molecule has 1 heterocycles. The molecule has 8 heteroatoms. The molecule has 1 N–H and O–H groups in total. The molecule has 26 heavy (non-hydrogen) atoms. The van der Waals surface area contributed by atoms with E-state index in [1.165, 1.54) is 19.3 Å². The average molecular weight is 361 g/mol. The minimum atomic E-state index is -0.835. The Labute approximate surface area is 150 Å². The monoisotopic (exact) mass is 361 g/mol. The summed E-state index contributed by atoms with van der Waals surface area (Å²) in [5.41, 5.74) is 0.0381. The molecule has 1 aromatic rings. The van der Waals surface area contributed by atoms with Crippen LogP contribution in [0.2, 0.25) is 0 Å². The number of hydrogen-bond acceptors (Lipinski definition) is 7. The molecule has 0 unspecified atom stereocenters. The van der Waals surface area contributed by atoms with Crippen molar-refractivity contribution in [3.63, 3.8) is 0 Å². The quantitative estimate of drug-likeness (QED) is 0.499. The number of benzene rings is 1. The topological polar surface area (TPSA) is 100 Å². The van der Waals surface area contributed by atoms with Gasteiger partial charge in [-0.15, -0.1) is 0 Å². The molecule has 0 saturated carbocycles. The van der Waals surface area contributed by atoms with E-state index >= 15 is 0 Å². The summed E-state index contributed by atoms with van der Waals surface area (Å²) in [5, 5.41) is 1.99. The summed E-state index contributed by atoms with van der Waals surface area (Å²) >= 11 is 0. The van der Waals surface area contributed by atoms with Gasteiger partial charge in [-0.3, -0.25) is 10.1 Å². The van der Waals surface area contributed by atoms with E-state index in [1.807, 2.05) is 5.32 Å². The number of allylic oxidation sites excluding steroid dienone is 2. The van der Waals surface area contributed by atoms with Crippen molar-refractivity contribution in [2.24, 2.45) is 0 Å². The Bertz CT molecular complexity index is 787. The Hall–Kier alpha value is -3.29. The first-order chi connectivity index (χ1) is 12.2. The second kappa shape index (κ2) is 7.73. The fourth-order valence-electron chi connectivity index (χ4n) is 1.92. The third-order valence-corrected chi connectivity index (χ3v) is 2.95. The van der Waals surface area contributed by atoms with Gasteiger partial charge in [0.25, 0.3) is 5.91 Å². The minimum Gasteiger partial charge on any atom is -0.493 e. The molecule has 1 aliphatic rings. The zero-order valence-electron chi connectivity index (χ0n) is 14.8. The molecule has 2 rings (SSSR count). The van der Waals surface area contributed by atoms with E-state index in [0.29, 0.717) is 11.3 Å². The summed E-state index contributed by atoms with van der Waals surface area (Å²) in [6.45, 7) is 5.20.